The third-order valence-electron chi connectivity index (χ3n) is 4.57. The van der Waals surface area contributed by atoms with Crippen molar-refractivity contribution in [2.24, 2.45) is 0 Å². The number of nitrogens with zero attached hydrogens (tertiary/aromatic N) is 2. The minimum absolute atomic E-state index is 0.173. The van der Waals surface area contributed by atoms with Crippen LogP contribution in [0.3, 0.4) is 0 Å². The van der Waals surface area contributed by atoms with E-state index in [2.05, 4.69) is 41.1 Å². The lowest BCUT2D eigenvalue weighted by Crippen LogP contribution is -2.32. The number of benzene rings is 1. The third-order valence-corrected chi connectivity index (χ3v) is 4.57. The highest BCUT2D eigenvalue weighted by Gasteiger charge is 2.38. The summed E-state index contributed by atoms with van der Waals surface area (Å²) in [7, 11) is 1.76. The molecule has 1 fully saturated rings. The minimum atomic E-state index is 0.173. The molecule has 0 aliphatic carbocycles. The highest BCUT2D eigenvalue weighted by Crippen LogP contribution is 2.35. The molecule has 1 N–H and O–H groups in total. The fraction of sp³-hybridized carbons (Fsp3) is 0.562. The van der Waals surface area contributed by atoms with Gasteiger partial charge in [-0.3, -0.25) is 0 Å². The molecule has 0 bridgehead atoms. The van der Waals surface area contributed by atoms with Crippen LogP contribution in [0, 0.1) is 0 Å². The zero-order valence-electron chi connectivity index (χ0n) is 12.4. The summed E-state index contributed by atoms with van der Waals surface area (Å²) in [4.78, 5) is 4.96. The standard InChI is InChI=1S/C16H23N3O/c1-3-16(8-9-17-12-16)15-18-13-6-4-5-7-14(13)19(15)10-11-20-2/h4-7,17H,3,8-12H2,1-2H3. The molecule has 0 amide bonds. The molecule has 0 spiro atoms. The second-order valence-electron chi connectivity index (χ2n) is 5.63. The Labute approximate surface area is 120 Å². The first-order chi connectivity index (χ1) is 9.80. The van der Waals surface area contributed by atoms with Crippen molar-refractivity contribution in [3.8, 4) is 0 Å². The number of ether oxygens (including phenoxy) is 1. The van der Waals surface area contributed by atoms with E-state index in [1.807, 2.05) is 0 Å². The Morgan fingerprint density at radius 3 is 2.95 bits per heavy atom. The first kappa shape index (κ1) is 13.6. The zero-order chi connectivity index (χ0) is 14.0. The molecule has 1 unspecified atom stereocenters. The molecule has 2 aromatic rings. The van der Waals surface area contributed by atoms with Crippen LogP contribution in [-0.4, -0.2) is 36.4 Å². The predicted molar refractivity (Wildman–Crippen MR) is 81.1 cm³/mol. The number of hydrogen-bond donors (Lipinski definition) is 1. The highest BCUT2D eigenvalue weighted by molar-refractivity contribution is 5.76. The first-order valence-electron chi connectivity index (χ1n) is 7.46. The maximum atomic E-state index is 5.28. The number of methoxy groups -OCH3 is 1. The summed E-state index contributed by atoms with van der Waals surface area (Å²) in [6.45, 7) is 5.98. The fourth-order valence-corrected chi connectivity index (χ4v) is 3.28. The summed E-state index contributed by atoms with van der Waals surface area (Å²) in [5, 5.41) is 3.51. The maximum Gasteiger partial charge on any atom is 0.117 e. The molecule has 3 rings (SSSR count). The molecule has 1 atom stereocenters. The number of aromatic nitrogens is 2. The number of imidazole rings is 1. The van der Waals surface area contributed by atoms with E-state index in [9.17, 15) is 0 Å². The lowest BCUT2D eigenvalue weighted by molar-refractivity contribution is 0.185. The van der Waals surface area contributed by atoms with Crippen molar-refractivity contribution in [3.05, 3.63) is 30.1 Å². The van der Waals surface area contributed by atoms with Crippen molar-refractivity contribution in [1.82, 2.24) is 14.9 Å². The Morgan fingerprint density at radius 1 is 1.40 bits per heavy atom. The molecule has 1 aromatic heterocycles. The molecule has 4 nitrogen and oxygen atoms in total. The average molecular weight is 273 g/mol. The second kappa shape index (κ2) is 5.54. The zero-order valence-corrected chi connectivity index (χ0v) is 12.4. The lowest BCUT2D eigenvalue weighted by atomic mass is 9.83. The van der Waals surface area contributed by atoms with E-state index >= 15 is 0 Å². The number of rotatable bonds is 5. The molecule has 1 aromatic carbocycles. The van der Waals surface area contributed by atoms with Gasteiger partial charge in [0.25, 0.3) is 0 Å². The molecule has 1 aliphatic rings. The summed E-state index contributed by atoms with van der Waals surface area (Å²) in [6, 6.07) is 8.41. The Kier molecular flexibility index (Phi) is 3.76. The van der Waals surface area contributed by atoms with E-state index < -0.39 is 0 Å². The van der Waals surface area contributed by atoms with E-state index in [1.165, 1.54) is 17.8 Å². The van der Waals surface area contributed by atoms with E-state index in [0.29, 0.717) is 0 Å². The van der Waals surface area contributed by atoms with Gasteiger partial charge in [-0.2, -0.15) is 0 Å². The minimum Gasteiger partial charge on any atom is -0.383 e. The highest BCUT2D eigenvalue weighted by atomic mass is 16.5. The van der Waals surface area contributed by atoms with Gasteiger partial charge in [0.2, 0.25) is 0 Å². The van der Waals surface area contributed by atoms with Crippen molar-refractivity contribution >= 4 is 11.0 Å². The van der Waals surface area contributed by atoms with Gasteiger partial charge < -0.3 is 14.6 Å². The van der Waals surface area contributed by atoms with Crippen molar-refractivity contribution < 1.29 is 4.74 Å². The van der Waals surface area contributed by atoms with Gasteiger partial charge in [-0.05, 0) is 31.5 Å². The maximum absolute atomic E-state index is 5.28. The normalized spacial score (nSPS) is 22.7. The second-order valence-corrected chi connectivity index (χ2v) is 5.63. The van der Waals surface area contributed by atoms with Crippen LogP contribution in [0.4, 0.5) is 0 Å². The number of para-hydroxylation sites is 2. The van der Waals surface area contributed by atoms with Crippen molar-refractivity contribution in [2.45, 2.75) is 31.7 Å². The molecule has 4 heteroatoms. The molecule has 108 valence electrons. The summed E-state index contributed by atoms with van der Waals surface area (Å²) < 4.78 is 7.64. The largest absolute Gasteiger partial charge is 0.383 e. The van der Waals surface area contributed by atoms with Gasteiger partial charge in [-0.15, -0.1) is 0 Å². The van der Waals surface area contributed by atoms with E-state index in [-0.39, 0.29) is 5.41 Å². The van der Waals surface area contributed by atoms with Crippen LogP contribution in [-0.2, 0) is 16.7 Å². The Hall–Kier alpha value is -1.39. The van der Waals surface area contributed by atoms with Gasteiger partial charge in [0.05, 0.1) is 17.6 Å². The quantitative estimate of drug-likeness (QED) is 0.908. The average Bonchev–Trinajstić information content (AvgIpc) is 3.10. The third kappa shape index (κ3) is 2.13. The topological polar surface area (TPSA) is 39.1 Å². The molecule has 1 aliphatic heterocycles. The van der Waals surface area contributed by atoms with Crippen LogP contribution in [0.25, 0.3) is 11.0 Å². The Balaban J connectivity index is 2.12. The van der Waals surface area contributed by atoms with E-state index in [1.54, 1.807) is 7.11 Å². The molecular formula is C16H23N3O. The van der Waals surface area contributed by atoms with Crippen LogP contribution >= 0.6 is 0 Å². The summed E-state index contributed by atoms with van der Waals surface area (Å²) in [6.07, 6.45) is 2.29. The summed E-state index contributed by atoms with van der Waals surface area (Å²) in [5.74, 6) is 1.23. The molecule has 2 heterocycles. The van der Waals surface area contributed by atoms with Crippen molar-refractivity contribution in [1.29, 1.82) is 0 Å². The van der Waals surface area contributed by atoms with Gasteiger partial charge in [0.15, 0.2) is 0 Å². The summed E-state index contributed by atoms with van der Waals surface area (Å²) in [5.41, 5.74) is 2.49. The molecule has 0 radical (unpaired) electrons. The Morgan fingerprint density at radius 2 is 2.25 bits per heavy atom. The van der Waals surface area contributed by atoms with Crippen LogP contribution in [0.1, 0.15) is 25.6 Å². The monoisotopic (exact) mass is 273 g/mol. The van der Waals surface area contributed by atoms with Crippen LogP contribution in [0.5, 0.6) is 0 Å². The predicted octanol–water partition coefficient (Wildman–Crippen LogP) is 2.32. The number of nitrogens with one attached hydrogen (secondary N) is 1. The van der Waals surface area contributed by atoms with Gasteiger partial charge in [0.1, 0.15) is 5.82 Å². The van der Waals surface area contributed by atoms with Gasteiger partial charge in [-0.25, -0.2) is 4.98 Å². The lowest BCUT2D eigenvalue weighted by Gasteiger charge is -2.27. The molecule has 1 saturated heterocycles. The fourth-order valence-electron chi connectivity index (χ4n) is 3.28. The van der Waals surface area contributed by atoms with Crippen molar-refractivity contribution in [2.75, 3.05) is 26.8 Å². The molecule has 0 saturated carbocycles. The van der Waals surface area contributed by atoms with Crippen LogP contribution < -0.4 is 5.32 Å². The van der Waals surface area contributed by atoms with Crippen LogP contribution in [0.2, 0.25) is 0 Å². The first-order valence-corrected chi connectivity index (χ1v) is 7.46. The van der Waals surface area contributed by atoms with Crippen molar-refractivity contribution in [3.63, 3.8) is 0 Å². The van der Waals surface area contributed by atoms with Crippen LogP contribution in [0.15, 0.2) is 24.3 Å². The number of hydrogen-bond acceptors (Lipinski definition) is 3. The Bertz CT molecular complexity index is 584. The number of fused-ring (bicyclic) bond motifs is 1. The van der Waals surface area contributed by atoms with E-state index in [4.69, 9.17) is 9.72 Å². The van der Waals surface area contributed by atoms with Gasteiger partial charge in [0, 0.05) is 25.6 Å². The smallest absolute Gasteiger partial charge is 0.117 e. The summed E-state index contributed by atoms with van der Waals surface area (Å²) >= 11 is 0. The van der Waals surface area contributed by atoms with E-state index in [0.717, 1.165) is 38.2 Å². The SMILES string of the molecule is CCC1(c2nc3ccccc3n2CCOC)CCNC1. The van der Waals surface area contributed by atoms with Gasteiger partial charge >= 0.3 is 0 Å². The van der Waals surface area contributed by atoms with Gasteiger partial charge in [-0.1, -0.05) is 19.1 Å². The molecule has 20 heavy (non-hydrogen) atoms. The molecular weight excluding hydrogens is 250 g/mol.